The number of allylic oxidation sites excluding steroid dienone is 2. The van der Waals surface area contributed by atoms with Crippen LogP contribution >= 0.6 is 0 Å². The van der Waals surface area contributed by atoms with E-state index in [-0.39, 0.29) is 41.4 Å². The highest BCUT2D eigenvalue weighted by Gasteiger charge is 2.67. The van der Waals surface area contributed by atoms with Crippen molar-refractivity contribution in [3.05, 3.63) is 71.3 Å². The Morgan fingerprint density at radius 3 is 2.10 bits per heavy atom. The second kappa shape index (κ2) is 6.39. The van der Waals surface area contributed by atoms with Crippen molar-refractivity contribution >= 4 is 29.1 Å². The molecule has 0 unspecified atom stereocenters. The molecule has 3 fully saturated rings. The van der Waals surface area contributed by atoms with Gasteiger partial charge in [-0.25, -0.2) is 0 Å². The van der Waals surface area contributed by atoms with Crippen LogP contribution in [0.1, 0.15) is 27.9 Å². The summed E-state index contributed by atoms with van der Waals surface area (Å²) in [4.78, 5) is 40.5. The highest BCUT2D eigenvalue weighted by Crippen LogP contribution is 2.65. The monoisotopic (exact) mass is 412 g/mol. The molecular weight excluding hydrogens is 388 g/mol. The Hall–Kier alpha value is -3.21. The van der Waals surface area contributed by atoms with Crippen LogP contribution in [0.5, 0.6) is 0 Å². The van der Waals surface area contributed by atoms with Crippen LogP contribution in [-0.2, 0) is 9.59 Å². The van der Waals surface area contributed by atoms with Crippen molar-refractivity contribution in [3.8, 4) is 0 Å². The molecule has 2 aromatic carbocycles. The second-order valence-electron chi connectivity index (χ2n) is 9.49. The second-order valence-corrected chi connectivity index (χ2v) is 9.49. The molecule has 4 aliphatic carbocycles. The van der Waals surface area contributed by atoms with Gasteiger partial charge in [-0.05, 0) is 79.8 Å². The van der Waals surface area contributed by atoms with Gasteiger partial charge in [0.15, 0.2) is 0 Å². The Morgan fingerprint density at radius 2 is 1.52 bits per heavy atom. The zero-order chi connectivity index (χ0) is 21.4. The molecule has 6 atom stereocenters. The van der Waals surface area contributed by atoms with Gasteiger partial charge in [-0.2, -0.15) is 0 Å². The maximum atomic E-state index is 13.2. The van der Waals surface area contributed by atoms with Gasteiger partial charge in [0, 0.05) is 11.3 Å². The van der Waals surface area contributed by atoms with E-state index in [1.807, 2.05) is 32.0 Å². The highest BCUT2D eigenvalue weighted by atomic mass is 16.2. The molecule has 0 spiro atoms. The summed E-state index contributed by atoms with van der Waals surface area (Å²) in [5.41, 5.74) is 3.96. The lowest BCUT2D eigenvalue weighted by Crippen LogP contribution is -2.40. The van der Waals surface area contributed by atoms with Gasteiger partial charge in [0.1, 0.15) is 0 Å². The van der Waals surface area contributed by atoms with Gasteiger partial charge in [-0.15, -0.1) is 0 Å². The zero-order valence-corrected chi connectivity index (χ0v) is 17.5. The smallest absolute Gasteiger partial charge is 0.255 e. The Labute approximate surface area is 181 Å². The van der Waals surface area contributed by atoms with E-state index in [0.717, 1.165) is 23.2 Å². The molecule has 2 bridgehead atoms. The van der Waals surface area contributed by atoms with E-state index in [1.54, 1.807) is 24.3 Å². The third-order valence-electron chi connectivity index (χ3n) is 7.68. The molecule has 1 N–H and O–H groups in total. The lowest BCUT2D eigenvalue weighted by molar-refractivity contribution is -0.124. The van der Waals surface area contributed by atoms with Crippen LogP contribution < -0.4 is 10.2 Å². The Morgan fingerprint density at radius 1 is 0.903 bits per heavy atom. The molecule has 2 aromatic rings. The minimum atomic E-state index is -0.214. The summed E-state index contributed by atoms with van der Waals surface area (Å²) in [5.74, 6) is 0.812. The number of benzene rings is 2. The topological polar surface area (TPSA) is 66.5 Å². The van der Waals surface area contributed by atoms with Crippen LogP contribution in [0.25, 0.3) is 0 Å². The fourth-order valence-electron chi connectivity index (χ4n) is 6.12. The van der Waals surface area contributed by atoms with Crippen molar-refractivity contribution in [2.75, 3.05) is 10.2 Å². The standard InChI is InChI=1S/C26H24N2O3/c1-13-3-10-21(14(2)11-13)27-24(29)15-4-6-16(7-5-15)28-25(30)22-17-8-9-18(20-12-19(17)20)23(22)26(28)31/h3-11,17-20,22-23H,12H2,1-2H3,(H,27,29)/t17-,18+,19-,20-,22+,23+/m1/s1. The number of anilines is 2. The lowest BCUT2D eigenvalue weighted by Gasteiger charge is -2.37. The van der Waals surface area contributed by atoms with E-state index in [0.29, 0.717) is 23.1 Å². The summed E-state index contributed by atoms with van der Waals surface area (Å²) < 4.78 is 0. The first-order chi connectivity index (χ1) is 14.9. The minimum Gasteiger partial charge on any atom is -0.322 e. The maximum Gasteiger partial charge on any atom is 0.255 e. The van der Waals surface area contributed by atoms with E-state index in [9.17, 15) is 14.4 Å². The molecule has 2 saturated carbocycles. The predicted molar refractivity (Wildman–Crippen MR) is 118 cm³/mol. The van der Waals surface area contributed by atoms with E-state index < -0.39 is 0 Å². The Kier molecular flexibility index (Phi) is 3.83. The molecule has 1 aliphatic heterocycles. The largest absolute Gasteiger partial charge is 0.322 e. The number of carbonyl (C=O) groups excluding carboxylic acids is 3. The van der Waals surface area contributed by atoms with E-state index >= 15 is 0 Å². The van der Waals surface area contributed by atoms with Gasteiger partial charge in [-0.3, -0.25) is 19.3 Å². The summed E-state index contributed by atoms with van der Waals surface area (Å²) in [6, 6.07) is 12.7. The average molecular weight is 412 g/mol. The number of hydrogen-bond donors (Lipinski definition) is 1. The zero-order valence-electron chi connectivity index (χ0n) is 17.5. The van der Waals surface area contributed by atoms with Crippen molar-refractivity contribution in [1.29, 1.82) is 0 Å². The number of aryl methyl sites for hydroxylation is 2. The fourth-order valence-corrected chi connectivity index (χ4v) is 6.12. The van der Waals surface area contributed by atoms with Crippen LogP contribution in [0.2, 0.25) is 0 Å². The van der Waals surface area contributed by atoms with E-state index in [1.165, 1.54) is 4.90 Å². The molecule has 5 heteroatoms. The number of imide groups is 1. The van der Waals surface area contributed by atoms with Gasteiger partial charge in [-0.1, -0.05) is 29.8 Å². The molecule has 3 amide bonds. The molecular formula is C26H24N2O3. The van der Waals surface area contributed by atoms with Crippen molar-refractivity contribution in [3.63, 3.8) is 0 Å². The molecule has 1 saturated heterocycles. The predicted octanol–water partition coefficient (Wildman–Crippen LogP) is 4.11. The third kappa shape index (κ3) is 2.65. The van der Waals surface area contributed by atoms with E-state index in [4.69, 9.17) is 0 Å². The first kappa shape index (κ1) is 18.6. The quantitative estimate of drug-likeness (QED) is 0.609. The minimum absolute atomic E-state index is 0.0767. The number of amides is 3. The number of rotatable bonds is 3. The summed E-state index contributed by atoms with van der Waals surface area (Å²) >= 11 is 0. The number of hydrogen-bond acceptors (Lipinski definition) is 3. The van der Waals surface area contributed by atoms with Crippen molar-refractivity contribution in [2.45, 2.75) is 20.3 Å². The summed E-state index contributed by atoms with van der Waals surface area (Å²) in [6.45, 7) is 3.97. The number of nitrogens with one attached hydrogen (secondary N) is 1. The first-order valence-corrected chi connectivity index (χ1v) is 11.0. The van der Waals surface area contributed by atoms with Crippen molar-refractivity contribution < 1.29 is 14.4 Å². The Balaban J connectivity index is 1.23. The first-order valence-electron chi connectivity index (χ1n) is 11.0. The Bertz CT molecular complexity index is 1130. The third-order valence-corrected chi connectivity index (χ3v) is 7.68. The van der Waals surface area contributed by atoms with Crippen LogP contribution in [0.15, 0.2) is 54.6 Å². The molecule has 5 nitrogen and oxygen atoms in total. The molecule has 5 aliphatic rings. The maximum absolute atomic E-state index is 13.2. The van der Waals surface area contributed by atoms with Gasteiger partial charge in [0.05, 0.1) is 17.5 Å². The number of carbonyl (C=O) groups is 3. The molecule has 0 aromatic heterocycles. The van der Waals surface area contributed by atoms with Gasteiger partial charge in [0.2, 0.25) is 11.8 Å². The lowest BCUT2D eigenvalue weighted by atomic mass is 9.63. The van der Waals surface area contributed by atoms with Crippen molar-refractivity contribution in [2.24, 2.45) is 35.5 Å². The normalized spacial score (nSPS) is 32.1. The highest BCUT2D eigenvalue weighted by molar-refractivity contribution is 6.22. The van der Waals surface area contributed by atoms with Crippen LogP contribution in [0.3, 0.4) is 0 Å². The SMILES string of the molecule is Cc1ccc(NC(=O)c2ccc(N3C(=O)[C@H]4[C@@H]5C=C[C@@H]([C@H]6C[C@H]56)[C@@H]4C3=O)cc2)c(C)c1. The van der Waals surface area contributed by atoms with Gasteiger partial charge < -0.3 is 5.32 Å². The number of nitrogens with zero attached hydrogens (tertiary/aromatic N) is 1. The van der Waals surface area contributed by atoms with Gasteiger partial charge in [0.25, 0.3) is 5.91 Å². The fraction of sp³-hybridized carbons (Fsp3) is 0.346. The van der Waals surface area contributed by atoms with Crippen LogP contribution in [0, 0.1) is 49.4 Å². The molecule has 1 heterocycles. The van der Waals surface area contributed by atoms with Crippen LogP contribution in [0.4, 0.5) is 11.4 Å². The molecule has 7 rings (SSSR count). The average Bonchev–Trinajstić information content (AvgIpc) is 3.54. The van der Waals surface area contributed by atoms with Crippen LogP contribution in [-0.4, -0.2) is 17.7 Å². The van der Waals surface area contributed by atoms with Gasteiger partial charge >= 0.3 is 0 Å². The summed E-state index contributed by atoms with van der Waals surface area (Å²) in [6.07, 6.45) is 5.50. The summed E-state index contributed by atoms with van der Waals surface area (Å²) in [5, 5.41) is 2.94. The summed E-state index contributed by atoms with van der Waals surface area (Å²) in [7, 11) is 0. The van der Waals surface area contributed by atoms with E-state index in [2.05, 4.69) is 17.5 Å². The van der Waals surface area contributed by atoms with Crippen molar-refractivity contribution in [1.82, 2.24) is 0 Å². The molecule has 0 radical (unpaired) electrons. The molecule has 31 heavy (non-hydrogen) atoms. The molecule has 156 valence electrons.